The van der Waals surface area contributed by atoms with Crippen molar-refractivity contribution in [3.8, 4) is 0 Å². The third-order valence-electron chi connectivity index (χ3n) is 5.64. The van der Waals surface area contributed by atoms with E-state index in [1.165, 1.54) is 32.1 Å². The number of carbonyl (C=O) groups excluding carboxylic acids is 1. The van der Waals surface area contributed by atoms with E-state index in [-0.39, 0.29) is 11.9 Å². The molecule has 1 aromatic heterocycles. The summed E-state index contributed by atoms with van der Waals surface area (Å²) in [5, 5.41) is 12.7. The lowest BCUT2D eigenvalue weighted by Gasteiger charge is -2.13. The molecule has 0 atom stereocenters. The molecule has 0 bridgehead atoms. The van der Waals surface area contributed by atoms with Gasteiger partial charge in [0, 0.05) is 31.4 Å². The van der Waals surface area contributed by atoms with Crippen molar-refractivity contribution in [1.29, 1.82) is 0 Å². The average molecular weight is 545 g/mol. The van der Waals surface area contributed by atoms with Crippen molar-refractivity contribution in [2.75, 3.05) is 62.0 Å². The van der Waals surface area contributed by atoms with E-state index in [0.29, 0.717) is 63.8 Å². The van der Waals surface area contributed by atoms with Gasteiger partial charge in [0.15, 0.2) is 0 Å². The molecule has 0 aliphatic heterocycles. The number of benzene rings is 1. The van der Waals surface area contributed by atoms with Crippen LogP contribution < -0.4 is 27.0 Å². The topological polar surface area (TPSA) is 148 Å². The molecule has 0 fully saturated rings. The molecule has 2 rings (SSSR count). The second-order valence-electron chi connectivity index (χ2n) is 9.66. The minimum atomic E-state index is -0.0540. The van der Waals surface area contributed by atoms with Gasteiger partial charge in [-0.3, -0.25) is 4.79 Å². The van der Waals surface area contributed by atoms with Crippen LogP contribution in [-0.2, 0) is 20.7 Å². The minimum absolute atomic E-state index is 0.0540. The molecule has 0 unspecified atom stereocenters. The standard InChI is InChI=1S/C28H48N8O3/c1-4-5-6-7-8-9-15-31-26-34-27(32-22(2)3)36-28(35-26)33-24-12-10-23(11-13-24)21-25(37)30-16-18-39-20-19-38-17-14-29/h10-13,22H,4-9,14-21,29H2,1-3H3,(H,30,37)(H3,31,32,33,34,35,36). The lowest BCUT2D eigenvalue weighted by molar-refractivity contribution is -0.120. The number of ether oxygens (including phenoxy) is 2. The van der Waals surface area contributed by atoms with Crippen LogP contribution in [0.3, 0.4) is 0 Å². The Morgan fingerprint density at radius 2 is 1.51 bits per heavy atom. The van der Waals surface area contributed by atoms with Gasteiger partial charge in [0.05, 0.1) is 32.8 Å². The monoisotopic (exact) mass is 544 g/mol. The summed E-state index contributed by atoms with van der Waals surface area (Å²) in [5.74, 6) is 1.47. The summed E-state index contributed by atoms with van der Waals surface area (Å²) < 4.78 is 10.7. The maximum Gasteiger partial charge on any atom is 0.233 e. The summed E-state index contributed by atoms with van der Waals surface area (Å²) in [4.78, 5) is 25.8. The van der Waals surface area contributed by atoms with E-state index in [0.717, 1.165) is 24.2 Å². The quantitative estimate of drug-likeness (QED) is 0.138. The number of nitrogens with one attached hydrogen (secondary N) is 4. The Balaban J connectivity index is 1.81. The minimum Gasteiger partial charge on any atom is -0.378 e. The first-order valence-electron chi connectivity index (χ1n) is 14.2. The summed E-state index contributed by atoms with van der Waals surface area (Å²) in [6, 6.07) is 7.85. The van der Waals surface area contributed by atoms with Crippen LogP contribution in [0.25, 0.3) is 0 Å². The lowest BCUT2D eigenvalue weighted by Crippen LogP contribution is -2.29. The average Bonchev–Trinajstić information content (AvgIpc) is 2.90. The highest BCUT2D eigenvalue weighted by molar-refractivity contribution is 5.78. The van der Waals surface area contributed by atoms with E-state index in [2.05, 4.69) is 43.1 Å². The molecule has 11 nitrogen and oxygen atoms in total. The molecule has 1 aromatic carbocycles. The molecule has 0 saturated heterocycles. The fourth-order valence-corrected chi connectivity index (χ4v) is 3.69. The van der Waals surface area contributed by atoms with E-state index < -0.39 is 0 Å². The number of unbranched alkanes of at least 4 members (excludes halogenated alkanes) is 5. The van der Waals surface area contributed by atoms with Crippen molar-refractivity contribution >= 4 is 29.4 Å². The fourth-order valence-electron chi connectivity index (χ4n) is 3.69. The Morgan fingerprint density at radius 1 is 0.846 bits per heavy atom. The Labute approximate surface area is 233 Å². The molecule has 1 heterocycles. The van der Waals surface area contributed by atoms with Crippen LogP contribution >= 0.6 is 0 Å². The number of rotatable bonds is 22. The zero-order valence-electron chi connectivity index (χ0n) is 23.9. The highest BCUT2D eigenvalue weighted by Gasteiger charge is 2.09. The molecular formula is C28H48N8O3. The predicted molar refractivity (Wildman–Crippen MR) is 158 cm³/mol. The van der Waals surface area contributed by atoms with Crippen molar-refractivity contribution in [2.24, 2.45) is 5.73 Å². The molecule has 0 saturated carbocycles. The summed E-state index contributed by atoms with van der Waals surface area (Å²) in [6.07, 6.45) is 7.69. The van der Waals surface area contributed by atoms with Crippen molar-refractivity contribution in [2.45, 2.75) is 71.8 Å². The molecule has 0 spiro atoms. The van der Waals surface area contributed by atoms with Crippen molar-refractivity contribution in [3.63, 3.8) is 0 Å². The number of anilines is 4. The highest BCUT2D eigenvalue weighted by atomic mass is 16.5. The molecule has 0 radical (unpaired) electrons. The van der Waals surface area contributed by atoms with Gasteiger partial charge in [-0.1, -0.05) is 51.2 Å². The van der Waals surface area contributed by atoms with E-state index in [4.69, 9.17) is 15.2 Å². The summed E-state index contributed by atoms with van der Waals surface area (Å²) >= 11 is 0. The van der Waals surface area contributed by atoms with E-state index in [9.17, 15) is 4.79 Å². The number of carbonyl (C=O) groups is 1. The Hall–Kier alpha value is -3.02. The Morgan fingerprint density at radius 3 is 2.23 bits per heavy atom. The van der Waals surface area contributed by atoms with Crippen molar-refractivity contribution in [1.82, 2.24) is 20.3 Å². The third kappa shape index (κ3) is 15.2. The zero-order valence-corrected chi connectivity index (χ0v) is 23.9. The molecule has 0 aliphatic rings. The molecule has 2 aromatic rings. The van der Waals surface area contributed by atoms with Gasteiger partial charge >= 0.3 is 0 Å². The molecular weight excluding hydrogens is 496 g/mol. The molecule has 6 N–H and O–H groups in total. The van der Waals surface area contributed by atoms with Crippen molar-refractivity contribution < 1.29 is 14.3 Å². The number of hydrogen-bond donors (Lipinski definition) is 5. The second-order valence-corrected chi connectivity index (χ2v) is 9.66. The first-order valence-corrected chi connectivity index (χ1v) is 14.2. The van der Waals surface area contributed by atoms with Crippen LogP contribution in [0.15, 0.2) is 24.3 Å². The maximum absolute atomic E-state index is 12.2. The number of hydrogen-bond acceptors (Lipinski definition) is 10. The van der Waals surface area contributed by atoms with Crippen LogP contribution in [0.2, 0.25) is 0 Å². The van der Waals surface area contributed by atoms with Crippen LogP contribution in [0, 0.1) is 0 Å². The molecule has 218 valence electrons. The van der Waals surface area contributed by atoms with Gasteiger partial charge in [-0.15, -0.1) is 0 Å². The van der Waals surface area contributed by atoms with Crippen LogP contribution in [0.5, 0.6) is 0 Å². The fraction of sp³-hybridized carbons (Fsp3) is 0.643. The predicted octanol–water partition coefficient (Wildman–Crippen LogP) is 3.86. The van der Waals surface area contributed by atoms with Crippen molar-refractivity contribution in [3.05, 3.63) is 29.8 Å². The first-order chi connectivity index (χ1) is 19.0. The summed E-state index contributed by atoms with van der Waals surface area (Å²) in [5.41, 5.74) is 7.10. The SMILES string of the molecule is CCCCCCCCNc1nc(Nc2ccc(CC(=O)NCCOCCOCCN)cc2)nc(NC(C)C)n1. The second kappa shape index (κ2) is 20.0. The van der Waals surface area contributed by atoms with Crippen LogP contribution in [0.4, 0.5) is 23.5 Å². The largest absolute Gasteiger partial charge is 0.378 e. The number of aromatic nitrogens is 3. The van der Waals surface area contributed by atoms with Gasteiger partial charge in [0.25, 0.3) is 0 Å². The molecule has 0 aliphatic carbocycles. The normalized spacial score (nSPS) is 11.0. The van der Waals surface area contributed by atoms with Crippen LogP contribution in [0.1, 0.15) is 64.9 Å². The van der Waals surface area contributed by atoms with Gasteiger partial charge in [0.2, 0.25) is 23.8 Å². The number of nitrogens with zero attached hydrogens (tertiary/aromatic N) is 3. The lowest BCUT2D eigenvalue weighted by atomic mass is 10.1. The maximum atomic E-state index is 12.2. The number of amides is 1. The van der Waals surface area contributed by atoms with E-state index in [1.807, 2.05) is 38.1 Å². The highest BCUT2D eigenvalue weighted by Crippen LogP contribution is 2.17. The van der Waals surface area contributed by atoms with Gasteiger partial charge in [0.1, 0.15) is 0 Å². The van der Waals surface area contributed by atoms with Gasteiger partial charge in [-0.2, -0.15) is 15.0 Å². The third-order valence-corrected chi connectivity index (χ3v) is 5.64. The number of nitrogens with two attached hydrogens (primary N) is 1. The first kappa shape index (κ1) is 32.2. The summed E-state index contributed by atoms with van der Waals surface area (Å²) in [7, 11) is 0. The Kier molecular flexibility index (Phi) is 16.5. The van der Waals surface area contributed by atoms with Crippen LogP contribution in [-0.4, -0.2) is 73.0 Å². The van der Waals surface area contributed by atoms with E-state index in [1.54, 1.807) is 0 Å². The van der Waals surface area contributed by atoms with E-state index >= 15 is 0 Å². The molecule has 11 heteroatoms. The zero-order chi connectivity index (χ0) is 28.1. The van der Waals surface area contributed by atoms with Gasteiger partial charge < -0.3 is 36.5 Å². The smallest absolute Gasteiger partial charge is 0.233 e. The van der Waals surface area contributed by atoms with Gasteiger partial charge in [-0.25, -0.2) is 0 Å². The Bertz CT molecular complexity index is 928. The molecule has 1 amide bonds. The molecule has 39 heavy (non-hydrogen) atoms. The summed E-state index contributed by atoms with van der Waals surface area (Å²) in [6.45, 7) is 10.0. The van der Waals surface area contributed by atoms with Gasteiger partial charge in [-0.05, 0) is 38.0 Å².